The summed E-state index contributed by atoms with van der Waals surface area (Å²) in [6.07, 6.45) is -19.0. The van der Waals surface area contributed by atoms with Gasteiger partial charge in [-0.05, 0) is 0 Å². The van der Waals surface area contributed by atoms with Crippen LogP contribution in [-0.2, 0) is 93.8 Å². The molecule has 0 aliphatic heterocycles. The minimum absolute atomic E-state index is 0. The van der Waals surface area contributed by atoms with Crippen LogP contribution in [0.4, 0.5) is 43.2 Å². The second kappa shape index (κ2) is 22.5. The van der Waals surface area contributed by atoms with Gasteiger partial charge in [-0.2, -0.15) is 0 Å². The maximum Gasteiger partial charge on any atom is 3.00 e. The fraction of sp³-hybridized carbons (Fsp3) is 0. The fourth-order valence-electron chi connectivity index (χ4n) is 0.471. The average Bonchev–Trinajstić information content (AvgIpc) is 2.42. The summed E-state index contributed by atoms with van der Waals surface area (Å²) in [5.74, 6) is 0. The molecule has 0 radical (unpaired) electrons. The van der Waals surface area contributed by atoms with Crippen LogP contribution in [-0.4, -0.2) is 55.4 Å². The zero-order valence-electron chi connectivity index (χ0n) is 14.2. The van der Waals surface area contributed by atoms with Crippen molar-refractivity contribution < 1.29 is 168 Å². The molecular weight excluding hydrogens is 622 g/mol. The molecule has 0 aromatic rings. The van der Waals surface area contributed by atoms with Gasteiger partial charge >= 0.3 is 83.9 Å². The van der Waals surface area contributed by atoms with Crippen molar-refractivity contribution >= 4 is 55.4 Å². The Bertz CT molecular complexity index is 561. The summed E-state index contributed by atoms with van der Waals surface area (Å²) in [7, 11) is 0. The third-order valence-electron chi connectivity index (χ3n) is 1.000. The molecule has 0 bridgehead atoms. The first-order valence-corrected chi connectivity index (χ1v) is 5.51. The molecule has 168 valence electrons. The minimum atomic E-state index is -2.20. The van der Waals surface area contributed by atoms with Crippen LogP contribution >= 0.6 is 0 Å². The predicted molar refractivity (Wildman–Crippen MR) is 55.1 cm³/mol. The maximum absolute atomic E-state index is 9.78. The van der Waals surface area contributed by atoms with Gasteiger partial charge in [0.1, 0.15) is 0 Å². The largest absolute Gasteiger partial charge is 3.00 e. The summed E-state index contributed by atoms with van der Waals surface area (Å²) < 4.78 is 18.5. The fourth-order valence-corrected chi connectivity index (χ4v) is 0.471. The average molecular weight is 622 g/mol. The Morgan fingerprint density at radius 3 is 0.469 bits per heavy atom. The molecule has 0 N–H and O–H groups in total. The van der Waals surface area contributed by atoms with Crippen molar-refractivity contribution in [3.05, 3.63) is 0 Å². The molecule has 0 rings (SSSR count). The first-order chi connectivity index (χ1) is 13.6. The van der Waals surface area contributed by atoms with E-state index in [2.05, 4.69) is 28.4 Å². The normalized spacial score (nSPS) is 7.50. The first-order valence-electron chi connectivity index (χ1n) is 5.51. The van der Waals surface area contributed by atoms with Crippen molar-refractivity contribution in [3.63, 3.8) is 0 Å². The monoisotopic (exact) mass is 622 g/mol. The predicted octanol–water partition coefficient (Wildman–Crippen LogP) is -6.53. The Morgan fingerprint density at radius 2 is 0.406 bits per heavy atom. The van der Waals surface area contributed by atoms with E-state index >= 15 is 0 Å². The number of hydrogen-bond acceptors (Lipinski definition) is 21. The standard InChI is InChI=1S/3C3H2O7.2Y/c3*4-1(5)9-3(8)10-2(6)7;;/h3*(H,4,5)(H,6,7);;/q;;;2*+3/p-6. The van der Waals surface area contributed by atoms with Crippen molar-refractivity contribution in [2.45, 2.75) is 0 Å². The van der Waals surface area contributed by atoms with Gasteiger partial charge in [0.2, 0.25) is 0 Å². The zero-order chi connectivity index (χ0) is 24.4. The third kappa shape index (κ3) is 41.3. The van der Waals surface area contributed by atoms with Gasteiger partial charge in [-0.25, -0.2) is 14.4 Å². The molecule has 0 atom stereocenters. The van der Waals surface area contributed by atoms with E-state index in [0.29, 0.717) is 0 Å². The number of rotatable bonds is 0. The van der Waals surface area contributed by atoms with Crippen LogP contribution in [0.2, 0.25) is 0 Å². The van der Waals surface area contributed by atoms with Crippen LogP contribution in [0.15, 0.2) is 0 Å². The van der Waals surface area contributed by atoms with Crippen molar-refractivity contribution in [2.24, 2.45) is 0 Å². The summed E-state index contributed by atoms with van der Waals surface area (Å²) >= 11 is 0. The van der Waals surface area contributed by atoms with E-state index in [1.807, 2.05) is 0 Å². The summed E-state index contributed by atoms with van der Waals surface area (Å²) in [4.78, 5) is 85.4. The third-order valence-corrected chi connectivity index (χ3v) is 1.000. The van der Waals surface area contributed by atoms with Crippen LogP contribution in [0.5, 0.6) is 0 Å². The molecule has 0 spiro atoms. The molecule has 0 saturated carbocycles. The van der Waals surface area contributed by atoms with Gasteiger partial charge in [-0.15, -0.1) is 0 Å². The minimum Gasteiger partial charge on any atom is -0.467 e. The van der Waals surface area contributed by atoms with E-state index < -0.39 is 55.4 Å². The van der Waals surface area contributed by atoms with Crippen LogP contribution in [0.3, 0.4) is 0 Å². The molecule has 0 fully saturated rings. The van der Waals surface area contributed by atoms with E-state index in [1.54, 1.807) is 0 Å². The van der Waals surface area contributed by atoms with E-state index in [1.165, 1.54) is 0 Å². The Kier molecular flexibility index (Phi) is 27.7. The molecule has 0 heterocycles. The van der Waals surface area contributed by atoms with E-state index in [9.17, 15) is 73.8 Å². The van der Waals surface area contributed by atoms with Gasteiger partial charge in [0.05, 0.1) is 0 Å². The molecule has 0 aromatic heterocycles. The topological polar surface area (TPSA) is 347 Å². The zero-order valence-corrected chi connectivity index (χ0v) is 19.9. The molecule has 23 heteroatoms. The SMILES string of the molecule is O=C([O-])OC(=O)OC(=O)[O-].O=C([O-])OC(=O)OC(=O)[O-].O=C([O-])OC(=O)OC(=O)[O-].[Y+3].[Y+3]. The first kappa shape index (κ1) is 39.3. The van der Waals surface area contributed by atoms with E-state index in [4.69, 9.17) is 0 Å². The van der Waals surface area contributed by atoms with Gasteiger partial charge < -0.3 is 87.8 Å². The van der Waals surface area contributed by atoms with Crippen LogP contribution < -0.4 is 30.6 Å². The van der Waals surface area contributed by atoms with E-state index in [0.717, 1.165) is 0 Å². The Labute approximate surface area is 221 Å². The van der Waals surface area contributed by atoms with Gasteiger partial charge in [0.15, 0.2) is 0 Å². The molecule has 21 nitrogen and oxygen atoms in total. The van der Waals surface area contributed by atoms with E-state index in [-0.39, 0.29) is 65.4 Å². The Balaban J connectivity index is -0.000000110. The smallest absolute Gasteiger partial charge is 0.467 e. The molecule has 32 heavy (non-hydrogen) atoms. The molecule has 0 saturated heterocycles. The number of hydrogen-bond donors (Lipinski definition) is 0. The molecule has 0 amide bonds. The van der Waals surface area contributed by atoms with Crippen LogP contribution in [0, 0.1) is 0 Å². The number of carboxylic acid groups (broad SMARTS) is 6. The second-order valence-electron chi connectivity index (χ2n) is 2.86. The summed E-state index contributed by atoms with van der Waals surface area (Å²) in [6, 6.07) is 0. The molecule has 0 aliphatic carbocycles. The second-order valence-corrected chi connectivity index (χ2v) is 2.86. The Hall–Kier alpha value is -3.16. The molecular formula is C9O21Y2. The van der Waals surface area contributed by atoms with Gasteiger partial charge in [0, 0.05) is 0 Å². The summed E-state index contributed by atoms with van der Waals surface area (Å²) in [5.41, 5.74) is 0. The number of carbonyl (C=O) groups is 9. The summed E-state index contributed by atoms with van der Waals surface area (Å²) in [5, 5.41) is 56.1. The van der Waals surface area contributed by atoms with Crippen LogP contribution in [0.25, 0.3) is 0 Å². The quantitative estimate of drug-likeness (QED) is 0.138. The maximum atomic E-state index is 9.78. The number of carbonyl (C=O) groups excluding carboxylic acids is 9. The van der Waals surface area contributed by atoms with Crippen molar-refractivity contribution in [3.8, 4) is 0 Å². The van der Waals surface area contributed by atoms with Gasteiger partial charge in [-0.1, -0.05) is 0 Å². The molecule has 0 aliphatic rings. The van der Waals surface area contributed by atoms with Crippen molar-refractivity contribution in [2.75, 3.05) is 0 Å². The van der Waals surface area contributed by atoms with Crippen molar-refractivity contribution in [1.29, 1.82) is 0 Å². The summed E-state index contributed by atoms with van der Waals surface area (Å²) in [6.45, 7) is 0. The Morgan fingerprint density at radius 1 is 0.312 bits per heavy atom. The molecule has 0 aromatic carbocycles. The van der Waals surface area contributed by atoms with Gasteiger partial charge in [0.25, 0.3) is 36.9 Å². The molecule has 0 unspecified atom stereocenters. The number of ether oxygens (including phenoxy) is 6. The van der Waals surface area contributed by atoms with Crippen LogP contribution in [0.1, 0.15) is 0 Å². The van der Waals surface area contributed by atoms with Crippen molar-refractivity contribution in [1.82, 2.24) is 0 Å². The van der Waals surface area contributed by atoms with Gasteiger partial charge in [-0.3, -0.25) is 0 Å².